The normalized spacial score (nSPS) is 10.3. The number of hydrogen-bond donors (Lipinski definition) is 1. The second kappa shape index (κ2) is 4.18. The number of hydrogen-bond acceptors (Lipinski definition) is 2. The van der Waals surface area contributed by atoms with Crippen molar-refractivity contribution in [2.75, 3.05) is 0 Å². The van der Waals surface area contributed by atoms with E-state index in [0.29, 0.717) is 12.2 Å². The fourth-order valence-corrected chi connectivity index (χ4v) is 1.62. The topological polar surface area (TPSA) is 60.9 Å². The van der Waals surface area contributed by atoms with Gasteiger partial charge in [-0.15, -0.1) is 0 Å². The van der Waals surface area contributed by atoms with Crippen molar-refractivity contribution in [3.8, 4) is 0 Å². The number of primary amides is 1. The molecule has 2 aromatic rings. The zero-order chi connectivity index (χ0) is 11.5. The molecule has 2 N–H and O–H groups in total. The van der Waals surface area contributed by atoms with E-state index in [1.54, 1.807) is 16.9 Å². The van der Waals surface area contributed by atoms with Crippen LogP contribution in [0.4, 0.5) is 0 Å². The van der Waals surface area contributed by atoms with Gasteiger partial charge in [-0.3, -0.25) is 9.48 Å². The Labute approximate surface area is 93.7 Å². The van der Waals surface area contributed by atoms with Crippen LogP contribution in [0.5, 0.6) is 0 Å². The average molecular weight is 215 g/mol. The van der Waals surface area contributed by atoms with Gasteiger partial charge in [0.15, 0.2) is 0 Å². The molecule has 0 saturated heterocycles. The minimum absolute atomic E-state index is 0.434. The number of carbonyl (C=O) groups is 1. The van der Waals surface area contributed by atoms with Crippen LogP contribution < -0.4 is 5.73 Å². The SMILES string of the molecule is Cc1ccccc1Cn1nccc1C(N)=O. The van der Waals surface area contributed by atoms with Crippen LogP contribution in [-0.4, -0.2) is 15.7 Å². The lowest BCUT2D eigenvalue weighted by Gasteiger charge is -2.07. The molecule has 4 heteroatoms. The second-order valence-electron chi connectivity index (χ2n) is 3.66. The van der Waals surface area contributed by atoms with Gasteiger partial charge in [0.2, 0.25) is 0 Å². The lowest BCUT2D eigenvalue weighted by atomic mass is 10.1. The lowest BCUT2D eigenvalue weighted by molar-refractivity contribution is 0.0990. The highest BCUT2D eigenvalue weighted by Gasteiger charge is 2.08. The van der Waals surface area contributed by atoms with Gasteiger partial charge in [-0.1, -0.05) is 24.3 Å². The van der Waals surface area contributed by atoms with Crippen LogP contribution in [0.15, 0.2) is 36.5 Å². The molecular formula is C12H13N3O. The number of carbonyl (C=O) groups excluding carboxylic acids is 1. The molecule has 16 heavy (non-hydrogen) atoms. The molecule has 0 radical (unpaired) electrons. The molecule has 0 aliphatic carbocycles. The largest absolute Gasteiger partial charge is 0.364 e. The third kappa shape index (κ3) is 1.95. The van der Waals surface area contributed by atoms with E-state index in [4.69, 9.17) is 5.73 Å². The summed E-state index contributed by atoms with van der Waals surface area (Å²) < 4.78 is 1.62. The highest BCUT2D eigenvalue weighted by Crippen LogP contribution is 2.10. The second-order valence-corrected chi connectivity index (χ2v) is 3.66. The van der Waals surface area contributed by atoms with Gasteiger partial charge in [0.25, 0.3) is 5.91 Å². The zero-order valence-corrected chi connectivity index (χ0v) is 9.05. The summed E-state index contributed by atoms with van der Waals surface area (Å²) in [7, 11) is 0. The van der Waals surface area contributed by atoms with Crippen LogP contribution in [0, 0.1) is 6.92 Å². The maximum absolute atomic E-state index is 11.1. The van der Waals surface area contributed by atoms with Crippen molar-refractivity contribution >= 4 is 5.91 Å². The van der Waals surface area contributed by atoms with Crippen molar-refractivity contribution in [2.45, 2.75) is 13.5 Å². The van der Waals surface area contributed by atoms with Crippen molar-refractivity contribution in [3.63, 3.8) is 0 Å². The molecule has 0 saturated carbocycles. The Morgan fingerprint density at radius 2 is 2.12 bits per heavy atom. The first-order valence-electron chi connectivity index (χ1n) is 5.04. The molecule has 0 bridgehead atoms. The number of nitrogens with two attached hydrogens (primary N) is 1. The molecule has 0 fully saturated rings. The summed E-state index contributed by atoms with van der Waals surface area (Å²) in [5.41, 5.74) is 7.99. The molecule has 0 aliphatic rings. The van der Waals surface area contributed by atoms with Crippen LogP contribution in [0.1, 0.15) is 21.6 Å². The molecule has 82 valence electrons. The van der Waals surface area contributed by atoms with Crippen molar-refractivity contribution in [1.82, 2.24) is 9.78 Å². The molecule has 1 amide bonds. The van der Waals surface area contributed by atoms with E-state index in [9.17, 15) is 4.79 Å². The molecule has 1 heterocycles. The highest BCUT2D eigenvalue weighted by molar-refractivity contribution is 5.90. The Morgan fingerprint density at radius 1 is 1.38 bits per heavy atom. The molecular weight excluding hydrogens is 202 g/mol. The quantitative estimate of drug-likeness (QED) is 0.839. The molecule has 1 aromatic heterocycles. The number of amides is 1. The summed E-state index contributed by atoms with van der Waals surface area (Å²) in [4.78, 5) is 11.1. The molecule has 0 unspecified atom stereocenters. The summed E-state index contributed by atoms with van der Waals surface area (Å²) >= 11 is 0. The predicted molar refractivity (Wildman–Crippen MR) is 61.0 cm³/mol. The van der Waals surface area contributed by atoms with E-state index in [0.717, 1.165) is 5.56 Å². The first kappa shape index (κ1) is 10.4. The first-order valence-corrected chi connectivity index (χ1v) is 5.04. The van der Waals surface area contributed by atoms with Gasteiger partial charge >= 0.3 is 0 Å². The summed E-state index contributed by atoms with van der Waals surface area (Å²) in [6.07, 6.45) is 1.58. The molecule has 4 nitrogen and oxygen atoms in total. The van der Waals surface area contributed by atoms with Gasteiger partial charge < -0.3 is 5.73 Å². The van der Waals surface area contributed by atoms with Crippen LogP contribution in [0.3, 0.4) is 0 Å². The maximum Gasteiger partial charge on any atom is 0.266 e. The summed E-state index contributed by atoms with van der Waals surface area (Å²) in [5, 5.41) is 4.09. The fraction of sp³-hybridized carbons (Fsp3) is 0.167. The van der Waals surface area contributed by atoms with E-state index < -0.39 is 5.91 Å². The zero-order valence-electron chi connectivity index (χ0n) is 9.05. The first-order chi connectivity index (χ1) is 7.68. The number of aromatic nitrogens is 2. The van der Waals surface area contributed by atoms with Crippen LogP contribution in [-0.2, 0) is 6.54 Å². The average Bonchev–Trinajstić information content (AvgIpc) is 2.69. The molecule has 0 aliphatic heterocycles. The van der Waals surface area contributed by atoms with Gasteiger partial charge in [-0.25, -0.2) is 0 Å². The van der Waals surface area contributed by atoms with Crippen molar-refractivity contribution in [1.29, 1.82) is 0 Å². The number of benzene rings is 1. The summed E-state index contributed by atoms with van der Waals surface area (Å²) in [6.45, 7) is 2.60. The van der Waals surface area contributed by atoms with E-state index in [-0.39, 0.29) is 0 Å². The monoisotopic (exact) mass is 215 g/mol. The Bertz CT molecular complexity index is 516. The third-order valence-electron chi connectivity index (χ3n) is 2.55. The lowest BCUT2D eigenvalue weighted by Crippen LogP contribution is -2.18. The van der Waals surface area contributed by atoms with Crippen molar-refractivity contribution in [3.05, 3.63) is 53.3 Å². The van der Waals surface area contributed by atoms with Gasteiger partial charge in [0.1, 0.15) is 5.69 Å². The van der Waals surface area contributed by atoms with E-state index in [2.05, 4.69) is 5.10 Å². The van der Waals surface area contributed by atoms with E-state index in [1.165, 1.54) is 5.56 Å². The third-order valence-corrected chi connectivity index (χ3v) is 2.55. The summed E-state index contributed by atoms with van der Waals surface area (Å²) in [5.74, 6) is -0.453. The summed E-state index contributed by atoms with van der Waals surface area (Å²) in [6, 6.07) is 9.62. The number of rotatable bonds is 3. The number of nitrogens with zero attached hydrogens (tertiary/aromatic N) is 2. The molecule has 1 aromatic carbocycles. The standard InChI is InChI=1S/C12H13N3O/c1-9-4-2-3-5-10(9)8-15-11(12(13)16)6-7-14-15/h2-7H,8H2,1H3,(H2,13,16). The van der Waals surface area contributed by atoms with Crippen LogP contribution >= 0.6 is 0 Å². The molecule has 0 atom stereocenters. The smallest absolute Gasteiger partial charge is 0.266 e. The minimum atomic E-state index is -0.453. The molecule has 2 rings (SSSR count). The predicted octanol–water partition coefficient (Wildman–Crippen LogP) is 1.34. The Kier molecular flexibility index (Phi) is 2.72. The van der Waals surface area contributed by atoms with Crippen LogP contribution in [0.2, 0.25) is 0 Å². The maximum atomic E-state index is 11.1. The van der Waals surface area contributed by atoms with E-state index >= 15 is 0 Å². The van der Waals surface area contributed by atoms with Gasteiger partial charge in [0.05, 0.1) is 6.54 Å². The Balaban J connectivity index is 2.31. The Morgan fingerprint density at radius 3 is 2.81 bits per heavy atom. The Hall–Kier alpha value is -2.10. The van der Waals surface area contributed by atoms with Gasteiger partial charge in [0, 0.05) is 6.20 Å². The van der Waals surface area contributed by atoms with Crippen molar-refractivity contribution in [2.24, 2.45) is 5.73 Å². The minimum Gasteiger partial charge on any atom is -0.364 e. The van der Waals surface area contributed by atoms with Gasteiger partial charge in [-0.2, -0.15) is 5.10 Å². The molecule has 0 spiro atoms. The fourth-order valence-electron chi connectivity index (χ4n) is 1.62. The number of aryl methyl sites for hydroxylation is 1. The van der Waals surface area contributed by atoms with Gasteiger partial charge in [-0.05, 0) is 24.1 Å². The highest BCUT2D eigenvalue weighted by atomic mass is 16.1. The van der Waals surface area contributed by atoms with Crippen molar-refractivity contribution < 1.29 is 4.79 Å². The van der Waals surface area contributed by atoms with E-state index in [1.807, 2.05) is 31.2 Å². The van der Waals surface area contributed by atoms with Crippen LogP contribution in [0.25, 0.3) is 0 Å².